The van der Waals surface area contributed by atoms with Crippen molar-refractivity contribution in [2.45, 2.75) is 25.7 Å². The van der Waals surface area contributed by atoms with Gasteiger partial charge >= 0.3 is 0 Å². The molecule has 76 valence electrons. The van der Waals surface area contributed by atoms with Crippen molar-refractivity contribution >= 4 is 11.6 Å². The largest absolute Gasteiger partial charge is 0.126 e. The molecule has 0 radical (unpaired) electrons. The lowest BCUT2D eigenvalue weighted by molar-refractivity contribution is 0.598. The Bertz CT molecular complexity index is 296. The van der Waals surface area contributed by atoms with Gasteiger partial charge in [0.2, 0.25) is 0 Å². The van der Waals surface area contributed by atoms with E-state index in [1.165, 1.54) is 11.1 Å². The van der Waals surface area contributed by atoms with Crippen molar-refractivity contribution in [1.29, 1.82) is 0 Å². The van der Waals surface area contributed by atoms with E-state index in [1.807, 2.05) is 6.08 Å². The SMILES string of the molecule is C=CCc1ccc(C(C)(C)CCl)cc1. The third-order valence-corrected chi connectivity index (χ3v) is 3.12. The molecule has 0 aliphatic heterocycles. The van der Waals surface area contributed by atoms with Crippen LogP contribution in [0.2, 0.25) is 0 Å². The van der Waals surface area contributed by atoms with Gasteiger partial charge in [0, 0.05) is 11.3 Å². The highest BCUT2D eigenvalue weighted by atomic mass is 35.5. The van der Waals surface area contributed by atoms with Gasteiger partial charge in [-0.3, -0.25) is 0 Å². The minimum Gasteiger partial charge on any atom is -0.126 e. The molecule has 0 fully saturated rings. The van der Waals surface area contributed by atoms with E-state index in [-0.39, 0.29) is 5.41 Å². The number of allylic oxidation sites excluding steroid dienone is 1. The lowest BCUT2D eigenvalue weighted by atomic mass is 9.86. The Morgan fingerprint density at radius 1 is 1.29 bits per heavy atom. The normalized spacial score (nSPS) is 11.4. The van der Waals surface area contributed by atoms with E-state index in [4.69, 9.17) is 11.6 Å². The number of hydrogen-bond acceptors (Lipinski definition) is 0. The molecule has 1 aromatic rings. The molecule has 0 unspecified atom stereocenters. The number of benzene rings is 1. The van der Waals surface area contributed by atoms with Crippen molar-refractivity contribution in [3.63, 3.8) is 0 Å². The third kappa shape index (κ3) is 2.62. The molecule has 0 bridgehead atoms. The highest BCUT2D eigenvalue weighted by molar-refractivity contribution is 6.18. The molecule has 1 rings (SSSR count). The van der Waals surface area contributed by atoms with Crippen LogP contribution < -0.4 is 0 Å². The van der Waals surface area contributed by atoms with E-state index in [1.54, 1.807) is 0 Å². The van der Waals surface area contributed by atoms with Crippen molar-refractivity contribution < 1.29 is 0 Å². The second kappa shape index (κ2) is 4.65. The molecule has 14 heavy (non-hydrogen) atoms. The first-order valence-corrected chi connectivity index (χ1v) is 5.40. The highest BCUT2D eigenvalue weighted by Crippen LogP contribution is 2.24. The maximum absolute atomic E-state index is 5.91. The van der Waals surface area contributed by atoms with Gasteiger partial charge in [-0.25, -0.2) is 0 Å². The monoisotopic (exact) mass is 208 g/mol. The first-order valence-electron chi connectivity index (χ1n) is 4.86. The molecule has 0 saturated carbocycles. The van der Waals surface area contributed by atoms with Gasteiger partial charge in [-0.2, -0.15) is 0 Å². The molecule has 0 amide bonds. The third-order valence-electron chi connectivity index (χ3n) is 2.45. The Balaban J connectivity index is 2.87. The molecule has 0 spiro atoms. The van der Waals surface area contributed by atoms with Gasteiger partial charge in [0.05, 0.1) is 0 Å². The summed E-state index contributed by atoms with van der Waals surface area (Å²) in [5.74, 6) is 0.647. The number of hydrogen-bond donors (Lipinski definition) is 0. The van der Waals surface area contributed by atoms with E-state index in [9.17, 15) is 0 Å². The van der Waals surface area contributed by atoms with Gasteiger partial charge < -0.3 is 0 Å². The molecule has 0 heterocycles. The summed E-state index contributed by atoms with van der Waals surface area (Å²) in [6.45, 7) is 8.03. The van der Waals surface area contributed by atoms with Crippen molar-refractivity contribution in [3.05, 3.63) is 48.0 Å². The fourth-order valence-electron chi connectivity index (χ4n) is 1.34. The van der Waals surface area contributed by atoms with Crippen molar-refractivity contribution in [2.24, 2.45) is 0 Å². The molecule has 1 aromatic carbocycles. The lowest BCUT2D eigenvalue weighted by Gasteiger charge is -2.22. The topological polar surface area (TPSA) is 0 Å². The average molecular weight is 209 g/mol. The quantitative estimate of drug-likeness (QED) is 0.520. The van der Waals surface area contributed by atoms with Crippen LogP contribution >= 0.6 is 11.6 Å². The molecule has 1 heteroatoms. The Morgan fingerprint density at radius 3 is 2.29 bits per heavy atom. The van der Waals surface area contributed by atoms with Crippen LogP contribution in [0, 0.1) is 0 Å². The number of alkyl halides is 1. The van der Waals surface area contributed by atoms with Crippen LogP contribution in [-0.2, 0) is 11.8 Å². The van der Waals surface area contributed by atoms with Crippen LogP contribution in [0.5, 0.6) is 0 Å². The Hall–Kier alpha value is -0.750. The van der Waals surface area contributed by atoms with Crippen LogP contribution in [0.4, 0.5) is 0 Å². The second-order valence-corrected chi connectivity index (χ2v) is 4.47. The molecule has 0 aromatic heterocycles. The van der Waals surface area contributed by atoms with Gasteiger partial charge in [-0.15, -0.1) is 18.2 Å². The summed E-state index contributed by atoms with van der Waals surface area (Å²) in [7, 11) is 0. The Morgan fingerprint density at radius 2 is 1.86 bits per heavy atom. The minimum atomic E-state index is 0.0638. The summed E-state index contributed by atoms with van der Waals surface area (Å²) in [5, 5.41) is 0. The van der Waals surface area contributed by atoms with Crippen LogP contribution in [0.1, 0.15) is 25.0 Å². The molecule has 0 N–H and O–H groups in total. The van der Waals surface area contributed by atoms with E-state index >= 15 is 0 Å². The molecule has 0 nitrogen and oxygen atoms in total. The number of rotatable bonds is 4. The van der Waals surface area contributed by atoms with E-state index < -0.39 is 0 Å². The minimum absolute atomic E-state index is 0.0638. The molecule has 0 aliphatic rings. The van der Waals surface area contributed by atoms with Crippen LogP contribution in [0.3, 0.4) is 0 Å². The first-order chi connectivity index (χ1) is 6.60. The predicted molar refractivity (Wildman–Crippen MR) is 64.1 cm³/mol. The summed E-state index contributed by atoms with van der Waals surface area (Å²) in [4.78, 5) is 0. The first kappa shape index (κ1) is 11.3. The zero-order valence-electron chi connectivity index (χ0n) is 8.89. The predicted octanol–water partition coefficient (Wildman–Crippen LogP) is 3.93. The molecule has 0 saturated heterocycles. The zero-order chi connectivity index (χ0) is 10.6. The van der Waals surface area contributed by atoms with E-state index in [0.717, 1.165) is 6.42 Å². The molecular weight excluding hydrogens is 192 g/mol. The lowest BCUT2D eigenvalue weighted by Crippen LogP contribution is -2.18. The zero-order valence-corrected chi connectivity index (χ0v) is 9.64. The van der Waals surface area contributed by atoms with Crippen LogP contribution in [-0.4, -0.2) is 5.88 Å². The summed E-state index contributed by atoms with van der Waals surface area (Å²) in [6.07, 6.45) is 2.85. The maximum atomic E-state index is 5.91. The van der Waals surface area contributed by atoms with Gasteiger partial charge in [0.25, 0.3) is 0 Å². The highest BCUT2D eigenvalue weighted by Gasteiger charge is 2.18. The van der Waals surface area contributed by atoms with Crippen LogP contribution in [0.15, 0.2) is 36.9 Å². The van der Waals surface area contributed by atoms with Crippen molar-refractivity contribution in [2.75, 3.05) is 5.88 Å². The van der Waals surface area contributed by atoms with Gasteiger partial charge in [-0.05, 0) is 17.5 Å². The summed E-state index contributed by atoms with van der Waals surface area (Å²) in [6, 6.07) is 8.60. The molecule has 0 aliphatic carbocycles. The Kier molecular flexibility index (Phi) is 3.77. The average Bonchev–Trinajstić information content (AvgIpc) is 2.19. The van der Waals surface area contributed by atoms with Crippen LogP contribution in [0.25, 0.3) is 0 Å². The smallest absolute Gasteiger partial charge is 0.0315 e. The van der Waals surface area contributed by atoms with Crippen molar-refractivity contribution in [3.8, 4) is 0 Å². The van der Waals surface area contributed by atoms with Gasteiger partial charge in [-0.1, -0.05) is 44.2 Å². The van der Waals surface area contributed by atoms with Gasteiger partial charge in [0.15, 0.2) is 0 Å². The molecular formula is C13H17Cl. The van der Waals surface area contributed by atoms with Crippen molar-refractivity contribution in [1.82, 2.24) is 0 Å². The van der Waals surface area contributed by atoms with E-state index in [2.05, 4.69) is 44.7 Å². The fraction of sp³-hybridized carbons (Fsp3) is 0.385. The summed E-state index contributed by atoms with van der Waals surface area (Å²) in [5.41, 5.74) is 2.66. The van der Waals surface area contributed by atoms with E-state index in [0.29, 0.717) is 5.88 Å². The maximum Gasteiger partial charge on any atom is 0.0315 e. The second-order valence-electron chi connectivity index (χ2n) is 4.21. The summed E-state index contributed by atoms with van der Waals surface area (Å²) >= 11 is 5.91. The fourth-order valence-corrected chi connectivity index (χ4v) is 1.49. The Labute approximate surface area is 91.6 Å². The standard InChI is InChI=1S/C13H17Cl/c1-4-5-11-6-8-12(9-7-11)13(2,3)10-14/h4,6-9H,1,5,10H2,2-3H3. The summed E-state index contributed by atoms with van der Waals surface area (Å²) < 4.78 is 0. The van der Waals surface area contributed by atoms with Gasteiger partial charge in [0.1, 0.15) is 0 Å². The number of halogens is 1. The molecule has 0 atom stereocenters.